The minimum atomic E-state index is -0.172. The molecule has 0 aliphatic carbocycles. The number of hydrogen-bond donors (Lipinski definition) is 2. The molecule has 2 aromatic rings. The quantitative estimate of drug-likeness (QED) is 0.888. The molecular formula is C15H17BrN4O. The maximum absolute atomic E-state index is 11.8. The summed E-state index contributed by atoms with van der Waals surface area (Å²) in [7, 11) is 0. The molecule has 1 heterocycles. The van der Waals surface area contributed by atoms with Crippen molar-refractivity contribution in [3.05, 3.63) is 46.2 Å². The molecule has 110 valence electrons. The Kier molecular flexibility index (Phi) is 4.90. The standard InChI is InChI=1S/C15H17BrN4O/c1-9(2)19-14(21)11-7-17-15(18-8-11)20-12-5-4-10(3)13(16)6-12/h4-9H,1-3H3,(H,19,21)(H,17,18,20). The second-order valence-electron chi connectivity index (χ2n) is 5.01. The molecule has 1 aromatic carbocycles. The first-order valence-electron chi connectivity index (χ1n) is 6.62. The van der Waals surface area contributed by atoms with Crippen LogP contribution >= 0.6 is 15.9 Å². The first-order valence-corrected chi connectivity index (χ1v) is 7.41. The van der Waals surface area contributed by atoms with Crippen molar-refractivity contribution < 1.29 is 4.79 Å². The summed E-state index contributed by atoms with van der Waals surface area (Å²) in [6, 6.07) is 5.98. The number of nitrogens with zero attached hydrogens (tertiary/aromatic N) is 2. The third-order valence-electron chi connectivity index (χ3n) is 2.76. The molecule has 6 heteroatoms. The largest absolute Gasteiger partial charge is 0.350 e. The summed E-state index contributed by atoms with van der Waals surface area (Å²) >= 11 is 3.48. The molecule has 0 unspecified atom stereocenters. The van der Waals surface area contributed by atoms with E-state index in [-0.39, 0.29) is 11.9 Å². The van der Waals surface area contributed by atoms with Gasteiger partial charge in [0.1, 0.15) is 0 Å². The van der Waals surface area contributed by atoms with Gasteiger partial charge in [-0.2, -0.15) is 0 Å². The Morgan fingerprint density at radius 3 is 2.48 bits per heavy atom. The Balaban J connectivity index is 2.08. The van der Waals surface area contributed by atoms with Crippen molar-refractivity contribution in [1.82, 2.24) is 15.3 Å². The van der Waals surface area contributed by atoms with Gasteiger partial charge in [-0.1, -0.05) is 22.0 Å². The maximum atomic E-state index is 11.8. The number of carbonyl (C=O) groups excluding carboxylic acids is 1. The molecular weight excluding hydrogens is 332 g/mol. The number of hydrogen-bond acceptors (Lipinski definition) is 4. The number of nitrogens with one attached hydrogen (secondary N) is 2. The second kappa shape index (κ2) is 6.67. The summed E-state index contributed by atoms with van der Waals surface area (Å²) in [5.41, 5.74) is 2.48. The molecule has 5 nitrogen and oxygen atoms in total. The Morgan fingerprint density at radius 1 is 1.24 bits per heavy atom. The van der Waals surface area contributed by atoms with Gasteiger partial charge in [0.2, 0.25) is 5.95 Å². The van der Waals surface area contributed by atoms with E-state index in [9.17, 15) is 4.79 Å². The van der Waals surface area contributed by atoms with E-state index in [0.717, 1.165) is 15.7 Å². The molecule has 1 aromatic heterocycles. The molecule has 2 rings (SSSR count). The lowest BCUT2D eigenvalue weighted by molar-refractivity contribution is 0.0942. The molecule has 2 N–H and O–H groups in total. The van der Waals surface area contributed by atoms with Gasteiger partial charge in [-0.25, -0.2) is 9.97 Å². The highest BCUT2D eigenvalue weighted by Gasteiger charge is 2.08. The molecule has 0 radical (unpaired) electrons. The van der Waals surface area contributed by atoms with Crippen LogP contribution in [0.4, 0.5) is 11.6 Å². The van der Waals surface area contributed by atoms with Crippen LogP contribution in [0.1, 0.15) is 29.8 Å². The number of rotatable bonds is 4. The molecule has 0 saturated carbocycles. The first-order chi connectivity index (χ1) is 9.95. The van der Waals surface area contributed by atoms with Crippen molar-refractivity contribution in [3.63, 3.8) is 0 Å². The molecule has 1 amide bonds. The van der Waals surface area contributed by atoms with Crippen LogP contribution < -0.4 is 10.6 Å². The van der Waals surface area contributed by atoms with Crippen LogP contribution in [0.25, 0.3) is 0 Å². The SMILES string of the molecule is Cc1ccc(Nc2ncc(C(=O)NC(C)C)cn2)cc1Br. The minimum absolute atomic E-state index is 0.0835. The Labute approximate surface area is 132 Å². The number of carbonyl (C=O) groups is 1. The number of halogens is 1. The van der Waals surface area contributed by atoms with Crippen molar-refractivity contribution in [2.45, 2.75) is 26.8 Å². The van der Waals surface area contributed by atoms with Gasteiger partial charge in [0, 0.05) is 28.6 Å². The van der Waals surface area contributed by atoms with Crippen LogP contribution in [0.15, 0.2) is 35.1 Å². The topological polar surface area (TPSA) is 66.9 Å². The third kappa shape index (κ3) is 4.26. The summed E-state index contributed by atoms with van der Waals surface area (Å²) in [5, 5.41) is 5.89. The van der Waals surface area contributed by atoms with E-state index in [2.05, 4.69) is 36.5 Å². The zero-order chi connectivity index (χ0) is 15.4. The number of aromatic nitrogens is 2. The lowest BCUT2D eigenvalue weighted by atomic mass is 10.2. The van der Waals surface area contributed by atoms with Crippen molar-refractivity contribution in [2.24, 2.45) is 0 Å². The highest BCUT2D eigenvalue weighted by atomic mass is 79.9. The van der Waals surface area contributed by atoms with Crippen molar-refractivity contribution >= 4 is 33.5 Å². The van der Waals surface area contributed by atoms with Gasteiger partial charge in [0.15, 0.2) is 0 Å². The third-order valence-corrected chi connectivity index (χ3v) is 3.62. The highest BCUT2D eigenvalue weighted by molar-refractivity contribution is 9.10. The van der Waals surface area contributed by atoms with Crippen molar-refractivity contribution in [2.75, 3.05) is 5.32 Å². The maximum Gasteiger partial charge on any atom is 0.254 e. The van der Waals surface area contributed by atoms with Crippen molar-refractivity contribution in [3.8, 4) is 0 Å². The van der Waals surface area contributed by atoms with Crippen LogP contribution in [0.3, 0.4) is 0 Å². The molecule has 0 spiro atoms. The van der Waals surface area contributed by atoms with Crippen molar-refractivity contribution in [1.29, 1.82) is 0 Å². The smallest absolute Gasteiger partial charge is 0.254 e. The molecule has 0 saturated heterocycles. The van der Waals surface area contributed by atoms with Crippen LogP contribution in [-0.4, -0.2) is 21.9 Å². The Hall–Kier alpha value is -1.95. The van der Waals surface area contributed by atoms with Crippen LogP contribution in [0.5, 0.6) is 0 Å². The highest BCUT2D eigenvalue weighted by Crippen LogP contribution is 2.22. The number of benzene rings is 1. The normalized spacial score (nSPS) is 10.5. The molecule has 0 aliphatic rings. The predicted molar refractivity (Wildman–Crippen MR) is 86.8 cm³/mol. The Morgan fingerprint density at radius 2 is 1.90 bits per heavy atom. The molecule has 0 fully saturated rings. The van der Waals surface area contributed by atoms with Gasteiger partial charge in [-0.15, -0.1) is 0 Å². The van der Waals surface area contributed by atoms with E-state index in [1.807, 2.05) is 39.0 Å². The molecule has 21 heavy (non-hydrogen) atoms. The van der Waals surface area contributed by atoms with Gasteiger partial charge in [0.05, 0.1) is 5.56 Å². The zero-order valence-electron chi connectivity index (χ0n) is 12.1. The van der Waals surface area contributed by atoms with Crippen LogP contribution in [0, 0.1) is 6.92 Å². The van der Waals surface area contributed by atoms with E-state index < -0.39 is 0 Å². The van der Waals surface area contributed by atoms with E-state index >= 15 is 0 Å². The van der Waals surface area contributed by atoms with Gasteiger partial charge in [-0.05, 0) is 38.5 Å². The van der Waals surface area contributed by atoms with Crippen LogP contribution in [-0.2, 0) is 0 Å². The number of amides is 1. The summed E-state index contributed by atoms with van der Waals surface area (Å²) in [6.07, 6.45) is 3.02. The molecule has 0 aliphatic heterocycles. The van der Waals surface area contributed by atoms with E-state index in [1.54, 1.807) is 0 Å². The summed E-state index contributed by atoms with van der Waals surface area (Å²) < 4.78 is 1.01. The fraction of sp³-hybridized carbons (Fsp3) is 0.267. The fourth-order valence-corrected chi connectivity index (χ4v) is 2.03. The summed E-state index contributed by atoms with van der Waals surface area (Å²) in [6.45, 7) is 5.83. The Bertz CT molecular complexity index is 641. The number of anilines is 2. The molecule has 0 atom stereocenters. The van der Waals surface area contributed by atoms with Gasteiger partial charge in [-0.3, -0.25) is 4.79 Å². The monoisotopic (exact) mass is 348 g/mol. The van der Waals surface area contributed by atoms with Gasteiger partial charge < -0.3 is 10.6 Å². The summed E-state index contributed by atoms with van der Waals surface area (Å²) in [5.74, 6) is 0.279. The summed E-state index contributed by atoms with van der Waals surface area (Å²) in [4.78, 5) is 20.1. The lowest BCUT2D eigenvalue weighted by Gasteiger charge is -2.09. The minimum Gasteiger partial charge on any atom is -0.350 e. The predicted octanol–water partition coefficient (Wildman–Crippen LogP) is 3.43. The van der Waals surface area contributed by atoms with E-state index in [4.69, 9.17) is 0 Å². The lowest BCUT2D eigenvalue weighted by Crippen LogP contribution is -2.30. The number of aryl methyl sites for hydroxylation is 1. The van der Waals surface area contributed by atoms with E-state index in [1.165, 1.54) is 12.4 Å². The zero-order valence-corrected chi connectivity index (χ0v) is 13.7. The van der Waals surface area contributed by atoms with Gasteiger partial charge >= 0.3 is 0 Å². The first kappa shape index (κ1) is 15.4. The average molecular weight is 349 g/mol. The average Bonchev–Trinajstić information content (AvgIpc) is 2.43. The van der Waals surface area contributed by atoms with E-state index in [0.29, 0.717) is 11.5 Å². The molecule has 0 bridgehead atoms. The van der Waals surface area contributed by atoms with Crippen LogP contribution in [0.2, 0.25) is 0 Å². The second-order valence-corrected chi connectivity index (χ2v) is 5.87. The fourth-order valence-electron chi connectivity index (χ4n) is 1.66. The van der Waals surface area contributed by atoms with Gasteiger partial charge in [0.25, 0.3) is 5.91 Å².